The van der Waals surface area contributed by atoms with Crippen molar-refractivity contribution in [3.63, 3.8) is 0 Å². The summed E-state index contributed by atoms with van der Waals surface area (Å²) in [6.07, 6.45) is 4.51. The van der Waals surface area contributed by atoms with Crippen molar-refractivity contribution in [1.29, 1.82) is 0 Å². The van der Waals surface area contributed by atoms with Crippen molar-refractivity contribution >= 4 is 35.0 Å². The van der Waals surface area contributed by atoms with Crippen molar-refractivity contribution in [2.45, 2.75) is 38.2 Å². The summed E-state index contributed by atoms with van der Waals surface area (Å²) in [5.41, 5.74) is 7.55. The summed E-state index contributed by atoms with van der Waals surface area (Å²) < 4.78 is 40.3. The predicted octanol–water partition coefficient (Wildman–Crippen LogP) is 5.20. The molecule has 1 fully saturated rings. The molecular weight excluding hydrogens is 510 g/mol. The van der Waals surface area contributed by atoms with Crippen LogP contribution in [0.2, 0.25) is 4.34 Å². The van der Waals surface area contributed by atoms with Gasteiger partial charge < -0.3 is 15.0 Å². The van der Waals surface area contributed by atoms with Crippen LogP contribution < -0.4 is 5.73 Å². The zero-order valence-corrected chi connectivity index (χ0v) is 21.4. The van der Waals surface area contributed by atoms with E-state index in [0.717, 1.165) is 5.57 Å². The zero-order chi connectivity index (χ0) is 25.5. The molecule has 8 nitrogen and oxygen atoms in total. The number of thiophene rings is 1. The number of aryl methyl sites for hydroxylation is 1. The Hall–Kier alpha value is -2.73. The molecule has 36 heavy (non-hydrogen) atoms. The Morgan fingerprint density at radius 1 is 1.36 bits per heavy atom. The number of nitrogens with two attached hydrogens (primary N) is 1. The molecule has 0 unspecified atom stereocenters. The van der Waals surface area contributed by atoms with Crippen molar-refractivity contribution < 1.29 is 18.0 Å². The Morgan fingerprint density at radius 3 is 2.83 bits per heavy atom. The number of hydrogen-bond donors (Lipinski definition) is 1. The van der Waals surface area contributed by atoms with Gasteiger partial charge in [-0.1, -0.05) is 16.8 Å². The molecule has 5 rings (SSSR count). The molecule has 1 saturated heterocycles. The van der Waals surface area contributed by atoms with E-state index in [9.17, 15) is 8.78 Å². The number of hydrogen-bond acceptors (Lipinski definition) is 9. The van der Waals surface area contributed by atoms with E-state index in [1.165, 1.54) is 17.4 Å². The van der Waals surface area contributed by atoms with Crippen LogP contribution >= 0.6 is 22.9 Å². The fraction of sp³-hybridized carbons (Fsp3) is 0.417. The summed E-state index contributed by atoms with van der Waals surface area (Å²) in [5, 5.41) is 3.83. The van der Waals surface area contributed by atoms with Gasteiger partial charge in [0.15, 0.2) is 11.6 Å². The topological polar surface area (TPSA) is 103 Å². The van der Waals surface area contributed by atoms with Gasteiger partial charge in [-0.15, -0.1) is 11.3 Å². The maximum Gasteiger partial charge on any atom is 0.297 e. The molecule has 0 bridgehead atoms. The molecule has 0 aromatic carbocycles. The number of pyridine rings is 1. The summed E-state index contributed by atoms with van der Waals surface area (Å²) >= 11 is 7.31. The Labute approximate surface area is 215 Å². The molecule has 0 aliphatic carbocycles. The van der Waals surface area contributed by atoms with Crippen LogP contribution in [0.1, 0.15) is 36.0 Å². The first-order chi connectivity index (χ1) is 17.2. The number of likely N-dealkylation sites (tertiary alicyclic amines) is 1. The number of ether oxygens (including phenoxy) is 1. The first kappa shape index (κ1) is 24.9. The molecule has 0 radical (unpaired) electrons. The monoisotopic (exact) mass is 534 g/mol. The van der Waals surface area contributed by atoms with Crippen LogP contribution in [0.4, 0.5) is 14.6 Å². The van der Waals surface area contributed by atoms with Crippen molar-refractivity contribution in [1.82, 2.24) is 20.0 Å². The highest BCUT2D eigenvalue weighted by Gasteiger charge is 2.51. The lowest BCUT2D eigenvalue weighted by Gasteiger charge is -2.45. The zero-order valence-electron chi connectivity index (χ0n) is 19.8. The largest absolute Gasteiger partial charge is 0.402 e. The lowest BCUT2D eigenvalue weighted by Crippen LogP contribution is -2.49. The third-order valence-electron chi connectivity index (χ3n) is 6.49. The van der Waals surface area contributed by atoms with Crippen molar-refractivity contribution in [3.05, 3.63) is 56.3 Å². The van der Waals surface area contributed by atoms with Crippen LogP contribution in [0.25, 0.3) is 11.5 Å². The molecule has 1 spiro atoms. The van der Waals surface area contributed by atoms with E-state index in [-0.39, 0.29) is 5.56 Å². The van der Waals surface area contributed by atoms with Gasteiger partial charge >= 0.3 is 0 Å². The number of aliphatic imine (C=N–C) groups is 1. The van der Waals surface area contributed by atoms with Crippen LogP contribution in [0.5, 0.6) is 0 Å². The number of piperidine rings is 1. The average Bonchev–Trinajstić information content (AvgIpc) is 3.47. The van der Waals surface area contributed by atoms with E-state index >= 15 is 0 Å². The van der Waals surface area contributed by atoms with Gasteiger partial charge in [-0.25, -0.2) is 9.98 Å². The highest BCUT2D eigenvalue weighted by Crippen LogP contribution is 2.52. The number of allylic oxidation sites excluding steroid dienone is 1. The SMILES string of the molecule is CC(N)=C(C=Nc1ncccc1-c1nc(C)no1)CN1CCC2(CC1)OCC(F)(F)c1cc(Cl)sc12. The Morgan fingerprint density at radius 2 is 2.14 bits per heavy atom. The molecule has 5 heterocycles. The van der Waals surface area contributed by atoms with E-state index in [1.54, 1.807) is 25.4 Å². The van der Waals surface area contributed by atoms with Crippen LogP contribution in [0.15, 0.2) is 45.2 Å². The fourth-order valence-corrected chi connectivity index (χ4v) is 5.99. The summed E-state index contributed by atoms with van der Waals surface area (Å²) in [7, 11) is 0. The molecule has 0 saturated carbocycles. The molecule has 0 atom stereocenters. The van der Waals surface area contributed by atoms with Gasteiger partial charge in [-0.3, -0.25) is 4.90 Å². The normalized spacial score (nSPS) is 20.0. The molecule has 12 heteroatoms. The van der Waals surface area contributed by atoms with E-state index in [4.69, 9.17) is 26.6 Å². The molecule has 3 aromatic rings. The van der Waals surface area contributed by atoms with E-state index < -0.39 is 18.1 Å². The first-order valence-corrected chi connectivity index (χ1v) is 12.7. The smallest absolute Gasteiger partial charge is 0.297 e. The third kappa shape index (κ3) is 4.80. The summed E-state index contributed by atoms with van der Waals surface area (Å²) in [6, 6.07) is 4.97. The van der Waals surface area contributed by atoms with Gasteiger partial charge in [0, 0.05) is 53.8 Å². The highest BCUT2D eigenvalue weighted by atomic mass is 35.5. The Kier molecular flexibility index (Phi) is 6.67. The molecule has 2 aliphatic rings. The van der Waals surface area contributed by atoms with Gasteiger partial charge in [0.1, 0.15) is 12.2 Å². The minimum atomic E-state index is -3.02. The summed E-state index contributed by atoms with van der Waals surface area (Å²) in [6.45, 7) is 4.80. The van der Waals surface area contributed by atoms with Crippen LogP contribution in [0.3, 0.4) is 0 Å². The third-order valence-corrected chi connectivity index (χ3v) is 7.94. The molecule has 2 aliphatic heterocycles. The van der Waals surface area contributed by atoms with Gasteiger partial charge in [-0.05, 0) is 44.9 Å². The number of nitrogens with zero attached hydrogens (tertiary/aromatic N) is 5. The second-order valence-corrected chi connectivity index (χ2v) is 10.7. The second-order valence-electron chi connectivity index (χ2n) is 9.04. The quantitative estimate of drug-likeness (QED) is 0.448. The minimum Gasteiger partial charge on any atom is -0.402 e. The van der Waals surface area contributed by atoms with E-state index in [1.807, 2.05) is 13.0 Å². The summed E-state index contributed by atoms with van der Waals surface area (Å²) in [5.74, 6) is -1.71. The maximum atomic E-state index is 14.4. The number of aromatic nitrogens is 3. The van der Waals surface area contributed by atoms with Crippen LogP contribution in [-0.2, 0) is 16.3 Å². The van der Waals surface area contributed by atoms with Crippen LogP contribution in [0, 0.1) is 6.92 Å². The number of halogens is 3. The second kappa shape index (κ2) is 9.62. The highest BCUT2D eigenvalue weighted by molar-refractivity contribution is 7.16. The van der Waals surface area contributed by atoms with Crippen molar-refractivity contribution in [2.24, 2.45) is 10.7 Å². The van der Waals surface area contributed by atoms with Crippen molar-refractivity contribution in [3.8, 4) is 11.5 Å². The Bertz CT molecular complexity index is 1330. The van der Waals surface area contributed by atoms with E-state index in [2.05, 4.69) is 25.0 Å². The lowest BCUT2D eigenvalue weighted by molar-refractivity contribution is -0.181. The van der Waals surface area contributed by atoms with E-state index in [0.29, 0.717) is 70.5 Å². The molecule has 2 N–H and O–H groups in total. The number of fused-ring (bicyclic) bond motifs is 2. The fourth-order valence-electron chi connectivity index (χ4n) is 4.51. The molecular formula is C24H25ClF2N6O2S. The standard InChI is InChI=1S/C24H25ClF2N6O2S/c1-14(28)16(11-30-21-17(4-3-7-29-21)22-31-15(2)32-35-22)12-33-8-5-23(6-9-33)20-18(10-19(25)36-20)24(26,27)13-34-23/h3-4,7,10-11H,5-6,8-9,12-13,28H2,1-2H3. The van der Waals surface area contributed by atoms with Gasteiger partial charge in [0.25, 0.3) is 11.8 Å². The maximum absolute atomic E-state index is 14.4. The Balaban J connectivity index is 1.30. The molecule has 0 amide bonds. The average molecular weight is 535 g/mol. The number of alkyl halides is 2. The van der Waals surface area contributed by atoms with Gasteiger partial charge in [0.2, 0.25) is 0 Å². The predicted molar refractivity (Wildman–Crippen MR) is 134 cm³/mol. The van der Waals surface area contributed by atoms with Gasteiger partial charge in [-0.2, -0.15) is 13.8 Å². The van der Waals surface area contributed by atoms with Crippen LogP contribution in [-0.4, -0.2) is 52.5 Å². The first-order valence-electron chi connectivity index (χ1n) is 11.5. The van der Waals surface area contributed by atoms with Gasteiger partial charge in [0.05, 0.1) is 9.90 Å². The van der Waals surface area contributed by atoms with Crippen molar-refractivity contribution in [2.75, 3.05) is 26.2 Å². The molecule has 190 valence electrons. The minimum absolute atomic E-state index is 0.00493. The lowest BCUT2D eigenvalue weighted by atomic mass is 9.84. The molecule has 3 aromatic heterocycles. The summed E-state index contributed by atoms with van der Waals surface area (Å²) in [4.78, 5) is 15.9. The number of rotatable bonds is 5.